The molecule has 2 aliphatic rings. The van der Waals surface area contributed by atoms with Crippen LogP contribution in [-0.2, 0) is 17.9 Å². The SMILES string of the molecule is O=CC1c2ccccc2CN1CC1CCN(Cc2ccccc2-c2ccccc2)CC1. The summed E-state index contributed by atoms with van der Waals surface area (Å²) in [6, 6.07) is 27.8. The number of carbonyl (C=O) groups excluding carboxylic acids is 1. The second-order valence-electron chi connectivity index (χ2n) is 8.95. The number of benzene rings is 3. The molecule has 31 heavy (non-hydrogen) atoms. The summed E-state index contributed by atoms with van der Waals surface area (Å²) in [4.78, 5) is 16.7. The summed E-state index contributed by atoms with van der Waals surface area (Å²) in [5.74, 6) is 0.664. The number of nitrogens with zero attached hydrogens (tertiary/aromatic N) is 2. The maximum Gasteiger partial charge on any atom is 0.141 e. The Labute approximate surface area is 185 Å². The first-order chi connectivity index (χ1) is 15.3. The molecule has 3 nitrogen and oxygen atoms in total. The average molecular weight is 411 g/mol. The van der Waals surface area contributed by atoms with Gasteiger partial charge in [0.2, 0.25) is 0 Å². The molecule has 0 aromatic heterocycles. The number of aldehydes is 1. The van der Waals surface area contributed by atoms with Crippen LogP contribution in [0.25, 0.3) is 11.1 Å². The summed E-state index contributed by atoms with van der Waals surface area (Å²) in [5, 5.41) is 0. The van der Waals surface area contributed by atoms with Crippen molar-refractivity contribution in [2.45, 2.75) is 32.0 Å². The Morgan fingerprint density at radius 1 is 0.839 bits per heavy atom. The van der Waals surface area contributed by atoms with E-state index < -0.39 is 0 Å². The van der Waals surface area contributed by atoms with Crippen LogP contribution >= 0.6 is 0 Å². The highest BCUT2D eigenvalue weighted by Crippen LogP contribution is 2.34. The quantitative estimate of drug-likeness (QED) is 0.514. The van der Waals surface area contributed by atoms with E-state index in [4.69, 9.17) is 0 Å². The molecular formula is C28H30N2O. The van der Waals surface area contributed by atoms with E-state index >= 15 is 0 Å². The fourth-order valence-electron chi connectivity index (χ4n) is 5.28. The maximum absolute atomic E-state index is 11.8. The highest BCUT2D eigenvalue weighted by atomic mass is 16.1. The normalized spacial score (nSPS) is 19.9. The van der Waals surface area contributed by atoms with Gasteiger partial charge in [-0.1, -0.05) is 78.9 Å². The lowest BCUT2D eigenvalue weighted by molar-refractivity contribution is -0.112. The Kier molecular flexibility index (Phi) is 5.97. The Bertz CT molecular complexity index is 1020. The third-order valence-corrected chi connectivity index (χ3v) is 6.97. The molecule has 1 fully saturated rings. The zero-order chi connectivity index (χ0) is 21.0. The molecule has 0 radical (unpaired) electrons. The molecule has 3 aromatic carbocycles. The van der Waals surface area contributed by atoms with Crippen LogP contribution in [0, 0.1) is 5.92 Å². The van der Waals surface area contributed by atoms with Gasteiger partial charge in [-0.2, -0.15) is 0 Å². The molecule has 0 amide bonds. The van der Waals surface area contributed by atoms with Crippen LogP contribution in [-0.4, -0.2) is 35.7 Å². The number of carbonyl (C=O) groups is 1. The molecule has 2 heterocycles. The molecule has 1 atom stereocenters. The van der Waals surface area contributed by atoms with Crippen LogP contribution in [0.4, 0.5) is 0 Å². The topological polar surface area (TPSA) is 23.6 Å². The van der Waals surface area contributed by atoms with E-state index in [9.17, 15) is 4.79 Å². The van der Waals surface area contributed by atoms with E-state index in [0.29, 0.717) is 5.92 Å². The summed E-state index contributed by atoms with van der Waals surface area (Å²) in [6.45, 7) is 5.18. The number of hydrogen-bond donors (Lipinski definition) is 0. The average Bonchev–Trinajstić information content (AvgIpc) is 3.18. The molecule has 0 spiro atoms. The fourth-order valence-corrected chi connectivity index (χ4v) is 5.28. The van der Waals surface area contributed by atoms with Crippen molar-refractivity contribution in [3.63, 3.8) is 0 Å². The van der Waals surface area contributed by atoms with Gasteiger partial charge in [0, 0.05) is 19.6 Å². The molecule has 0 aliphatic carbocycles. The van der Waals surface area contributed by atoms with Crippen molar-refractivity contribution in [2.75, 3.05) is 19.6 Å². The van der Waals surface area contributed by atoms with Gasteiger partial charge in [0.1, 0.15) is 6.29 Å². The Morgan fingerprint density at radius 2 is 1.55 bits per heavy atom. The molecule has 0 bridgehead atoms. The molecule has 1 saturated heterocycles. The summed E-state index contributed by atoms with van der Waals surface area (Å²) in [6.07, 6.45) is 3.53. The number of piperidine rings is 1. The Balaban J connectivity index is 1.19. The third kappa shape index (κ3) is 4.34. The molecule has 3 aromatic rings. The first-order valence-electron chi connectivity index (χ1n) is 11.4. The van der Waals surface area contributed by atoms with Crippen LogP contribution < -0.4 is 0 Å². The van der Waals surface area contributed by atoms with E-state index in [1.54, 1.807) is 0 Å². The highest BCUT2D eigenvalue weighted by molar-refractivity contribution is 5.67. The molecule has 2 aliphatic heterocycles. The second kappa shape index (κ2) is 9.17. The van der Waals surface area contributed by atoms with E-state index in [0.717, 1.165) is 39.0 Å². The second-order valence-corrected chi connectivity index (χ2v) is 8.95. The first kappa shape index (κ1) is 20.2. The van der Waals surface area contributed by atoms with E-state index in [-0.39, 0.29) is 6.04 Å². The third-order valence-electron chi connectivity index (χ3n) is 6.97. The van der Waals surface area contributed by atoms with Crippen molar-refractivity contribution in [3.8, 4) is 11.1 Å². The van der Waals surface area contributed by atoms with Crippen molar-refractivity contribution >= 4 is 6.29 Å². The van der Waals surface area contributed by atoms with E-state index in [1.807, 2.05) is 6.07 Å². The Morgan fingerprint density at radius 3 is 2.35 bits per heavy atom. The lowest BCUT2D eigenvalue weighted by atomic mass is 9.94. The van der Waals surface area contributed by atoms with E-state index in [1.165, 1.54) is 40.7 Å². The zero-order valence-electron chi connectivity index (χ0n) is 18.0. The minimum atomic E-state index is -0.0630. The van der Waals surface area contributed by atoms with Crippen LogP contribution in [0.1, 0.15) is 35.6 Å². The predicted molar refractivity (Wildman–Crippen MR) is 126 cm³/mol. The molecule has 0 N–H and O–H groups in total. The molecule has 1 unspecified atom stereocenters. The van der Waals surface area contributed by atoms with Crippen molar-refractivity contribution in [3.05, 3.63) is 95.6 Å². The lowest BCUT2D eigenvalue weighted by Crippen LogP contribution is -2.38. The summed E-state index contributed by atoms with van der Waals surface area (Å²) >= 11 is 0. The van der Waals surface area contributed by atoms with Gasteiger partial charge >= 0.3 is 0 Å². The standard InChI is InChI=1S/C28H30N2O/c31-21-28-27-13-7-5-11-25(27)20-30(28)18-22-14-16-29(17-15-22)19-24-10-4-6-12-26(24)23-8-2-1-3-9-23/h1-13,21-22,28H,14-20H2. The van der Waals surface area contributed by atoms with Crippen molar-refractivity contribution in [1.82, 2.24) is 9.80 Å². The zero-order valence-corrected chi connectivity index (χ0v) is 18.0. The largest absolute Gasteiger partial charge is 0.301 e. The van der Waals surface area contributed by atoms with Gasteiger partial charge in [0.25, 0.3) is 0 Å². The van der Waals surface area contributed by atoms with E-state index in [2.05, 4.69) is 82.6 Å². The van der Waals surface area contributed by atoms with Crippen molar-refractivity contribution in [2.24, 2.45) is 5.92 Å². The number of likely N-dealkylation sites (tertiary alicyclic amines) is 1. The van der Waals surface area contributed by atoms with Crippen LogP contribution in [0.5, 0.6) is 0 Å². The summed E-state index contributed by atoms with van der Waals surface area (Å²) in [7, 11) is 0. The summed E-state index contributed by atoms with van der Waals surface area (Å²) < 4.78 is 0. The van der Waals surface area contributed by atoms with Gasteiger partial charge in [-0.15, -0.1) is 0 Å². The van der Waals surface area contributed by atoms with Gasteiger partial charge in [0.05, 0.1) is 6.04 Å². The van der Waals surface area contributed by atoms with Gasteiger partial charge in [0.15, 0.2) is 0 Å². The molecule has 0 saturated carbocycles. The minimum absolute atomic E-state index is 0.0630. The molecule has 3 heteroatoms. The van der Waals surface area contributed by atoms with Crippen LogP contribution in [0.3, 0.4) is 0 Å². The van der Waals surface area contributed by atoms with Crippen LogP contribution in [0.2, 0.25) is 0 Å². The van der Waals surface area contributed by atoms with Gasteiger partial charge in [-0.25, -0.2) is 0 Å². The molecule has 158 valence electrons. The van der Waals surface area contributed by atoms with Gasteiger partial charge in [-0.05, 0) is 59.7 Å². The smallest absolute Gasteiger partial charge is 0.141 e. The molecule has 5 rings (SSSR count). The van der Waals surface area contributed by atoms with Gasteiger partial charge in [-0.3, -0.25) is 9.80 Å². The van der Waals surface area contributed by atoms with Crippen molar-refractivity contribution < 1.29 is 4.79 Å². The number of rotatable bonds is 6. The first-order valence-corrected chi connectivity index (χ1v) is 11.4. The minimum Gasteiger partial charge on any atom is -0.301 e. The summed E-state index contributed by atoms with van der Waals surface area (Å²) in [5.41, 5.74) is 6.56. The van der Waals surface area contributed by atoms with Gasteiger partial charge < -0.3 is 4.79 Å². The van der Waals surface area contributed by atoms with Crippen molar-refractivity contribution in [1.29, 1.82) is 0 Å². The number of hydrogen-bond acceptors (Lipinski definition) is 3. The van der Waals surface area contributed by atoms with Crippen LogP contribution in [0.15, 0.2) is 78.9 Å². The maximum atomic E-state index is 11.8. The lowest BCUT2D eigenvalue weighted by Gasteiger charge is -2.35. The highest BCUT2D eigenvalue weighted by Gasteiger charge is 2.32. The number of fused-ring (bicyclic) bond motifs is 1. The molecular weight excluding hydrogens is 380 g/mol. The fraction of sp³-hybridized carbons (Fsp3) is 0.321. The predicted octanol–water partition coefficient (Wildman–Crippen LogP) is 5.32. The Hall–Kier alpha value is -2.75. The monoisotopic (exact) mass is 410 g/mol.